The number of H-pyrrole nitrogens is 1. The molecule has 0 saturated heterocycles. The molecule has 0 bridgehead atoms. The molecule has 0 radical (unpaired) electrons. The number of hydrogen-bond acceptors (Lipinski definition) is 3. The molecule has 0 spiro atoms. The summed E-state index contributed by atoms with van der Waals surface area (Å²) < 4.78 is 0. The summed E-state index contributed by atoms with van der Waals surface area (Å²) in [5.74, 6) is 0.116. The Morgan fingerprint density at radius 2 is 1.92 bits per heavy atom. The zero-order chi connectivity index (χ0) is 18.6. The summed E-state index contributed by atoms with van der Waals surface area (Å²) in [6.45, 7) is 10.2. The first-order chi connectivity index (χ1) is 11.7. The maximum Gasteiger partial charge on any atom is 0.223 e. The molecule has 1 atom stereocenters. The molecule has 2 N–H and O–H groups in total. The topological polar surface area (TPSA) is 69.2 Å². The average Bonchev–Trinajstić information content (AvgIpc) is 2.85. The lowest BCUT2D eigenvalue weighted by atomic mass is 9.95. The highest BCUT2D eigenvalue weighted by Gasteiger charge is 2.25. The SMILES string of the molecule is Cc1n[nH]c(C)c1C(C)CC(=O)N(Cc1ccccc1)CC(C)(C)O. The molecule has 5 nitrogen and oxygen atoms in total. The van der Waals surface area contributed by atoms with Gasteiger partial charge >= 0.3 is 0 Å². The highest BCUT2D eigenvalue weighted by molar-refractivity contribution is 5.77. The van der Waals surface area contributed by atoms with Crippen LogP contribution in [0.3, 0.4) is 0 Å². The van der Waals surface area contributed by atoms with Crippen molar-refractivity contribution in [1.82, 2.24) is 15.1 Å². The number of benzene rings is 1. The fraction of sp³-hybridized carbons (Fsp3) is 0.500. The minimum Gasteiger partial charge on any atom is -0.389 e. The van der Waals surface area contributed by atoms with Crippen molar-refractivity contribution in [1.29, 1.82) is 0 Å². The van der Waals surface area contributed by atoms with Crippen LogP contribution >= 0.6 is 0 Å². The smallest absolute Gasteiger partial charge is 0.223 e. The highest BCUT2D eigenvalue weighted by Crippen LogP contribution is 2.25. The summed E-state index contributed by atoms with van der Waals surface area (Å²) >= 11 is 0. The van der Waals surface area contributed by atoms with Gasteiger partial charge in [-0.3, -0.25) is 9.89 Å². The number of rotatable bonds is 7. The molecule has 2 rings (SSSR count). The van der Waals surface area contributed by atoms with Gasteiger partial charge < -0.3 is 10.0 Å². The summed E-state index contributed by atoms with van der Waals surface area (Å²) in [4.78, 5) is 14.7. The van der Waals surface area contributed by atoms with Crippen molar-refractivity contribution in [3.8, 4) is 0 Å². The molecule has 0 aliphatic carbocycles. The Labute approximate surface area is 150 Å². The van der Waals surface area contributed by atoms with Crippen molar-refractivity contribution in [2.45, 2.75) is 59.1 Å². The number of nitrogens with zero attached hydrogens (tertiary/aromatic N) is 2. The first-order valence-corrected chi connectivity index (χ1v) is 8.73. The van der Waals surface area contributed by atoms with Crippen LogP contribution in [0.2, 0.25) is 0 Å². The Morgan fingerprint density at radius 3 is 2.44 bits per heavy atom. The number of nitrogens with one attached hydrogen (secondary N) is 1. The largest absolute Gasteiger partial charge is 0.389 e. The Balaban J connectivity index is 2.14. The van der Waals surface area contributed by atoms with Gasteiger partial charge in [0, 0.05) is 25.2 Å². The maximum absolute atomic E-state index is 12.9. The molecule has 1 aromatic carbocycles. The van der Waals surface area contributed by atoms with Crippen LogP contribution in [-0.4, -0.2) is 38.3 Å². The minimum atomic E-state index is -0.935. The van der Waals surface area contributed by atoms with Gasteiger partial charge in [0.2, 0.25) is 5.91 Å². The molecule has 1 amide bonds. The monoisotopic (exact) mass is 343 g/mol. The van der Waals surface area contributed by atoms with Gasteiger partial charge in [-0.2, -0.15) is 5.10 Å². The third kappa shape index (κ3) is 5.43. The van der Waals surface area contributed by atoms with Crippen molar-refractivity contribution < 1.29 is 9.90 Å². The van der Waals surface area contributed by atoms with Crippen LogP contribution < -0.4 is 0 Å². The third-order valence-electron chi connectivity index (χ3n) is 4.31. The Kier molecular flexibility index (Phi) is 6.01. The van der Waals surface area contributed by atoms with Crippen LogP contribution in [0.1, 0.15) is 55.6 Å². The van der Waals surface area contributed by atoms with Crippen molar-refractivity contribution in [3.63, 3.8) is 0 Å². The molecular formula is C20H29N3O2. The molecule has 2 aromatic rings. The number of carbonyl (C=O) groups excluding carboxylic acids is 1. The average molecular weight is 343 g/mol. The van der Waals surface area contributed by atoms with E-state index in [2.05, 4.69) is 10.2 Å². The van der Waals surface area contributed by atoms with Gasteiger partial charge in [0.05, 0.1) is 11.3 Å². The summed E-state index contributed by atoms with van der Waals surface area (Å²) in [5.41, 5.74) is 3.18. The lowest BCUT2D eigenvalue weighted by Crippen LogP contribution is -2.42. The number of aromatic nitrogens is 2. The predicted molar refractivity (Wildman–Crippen MR) is 99.3 cm³/mol. The van der Waals surface area contributed by atoms with Crippen LogP contribution in [0.4, 0.5) is 0 Å². The first-order valence-electron chi connectivity index (χ1n) is 8.73. The van der Waals surface area contributed by atoms with Crippen LogP contribution in [0.25, 0.3) is 0 Å². The van der Waals surface area contributed by atoms with Gasteiger partial charge in [0.15, 0.2) is 0 Å². The lowest BCUT2D eigenvalue weighted by Gasteiger charge is -2.30. The predicted octanol–water partition coefficient (Wildman–Crippen LogP) is 3.32. The molecule has 0 saturated carbocycles. The molecule has 1 unspecified atom stereocenters. The van der Waals surface area contributed by atoms with Gasteiger partial charge in [-0.1, -0.05) is 37.3 Å². The maximum atomic E-state index is 12.9. The van der Waals surface area contributed by atoms with Gasteiger partial charge in [0.1, 0.15) is 0 Å². The standard InChI is InChI=1S/C20H29N3O2/c1-14(19-15(2)21-22-16(19)3)11-18(24)23(13-20(4,5)25)12-17-9-7-6-8-10-17/h6-10,14,25H,11-13H2,1-5H3,(H,21,22). The number of aliphatic hydroxyl groups is 1. The van der Waals surface area contributed by atoms with Crippen molar-refractivity contribution in [3.05, 3.63) is 52.8 Å². The molecule has 0 aliphatic heterocycles. The highest BCUT2D eigenvalue weighted by atomic mass is 16.3. The molecule has 0 aliphatic rings. The minimum absolute atomic E-state index is 0.0403. The van der Waals surface area contributed by atoms with Gasteiger partial charge in [-0.25, -0.2) is 0 Å². The van der Waals surface area contributed by atoms with Crippen LogP contribution in [0, 0.1) is 13.8 Å². The lowest BCUT2D eigenvalue weighted by molar-refractivity contribution is -0.135. The second-order valence-electron chi connectivity index (χ2n) is 7.50. The van der Waals surface area contributed by atoms with E-state index in [9.17, 15) is 9.90 Å². The zero-order valence-electron chi connectivity index (χ0n) is 15.8. The van der Waals surface area contributed by atoms with Gasteiger partial charge in [-0.05, 0) is 44.7 Å². The number of aryl methyl sites for hydroxylation is 2. The van der Waals surface area contributed by atoms with Crippen molar-refractivity contribution in [2.75, 3.05) is 6.54 Å². The fourth-order valence-electron chi connectivity index (χ4n) is 3.28. The molecule has 1 heterocycles. The Morgan fingerprint density at radius 1 is 1.28 bits per heavy atom. The molecule has 5 heteroatoms. The Bertz CT molecular complexity index is 682. The summed E-state index contributed by atoms with van der Waals surface area (Å²) in [6, 6.07) is 9.88. The first kappa shape index (κ1) is 19.2. The quantitative estimate of drug-likeness (QED) is 0.810. The van der Waals surface area contributed by atoms with Gasteiger partial charge in [0.25, 0.3) is 0 Å². The zero-order valence-corrected chi connectivity index (χ0v) is 15.8. The van der Waals surface area contributed by atoms with E-state index in [1.165, 1.54) is 0 Å². The molecule has 136 valence electrons. The van der Waals surface area contributed by atoms with Gasteiger partial charge in [-0.15, -0.1) is 0 Å². The van der Waals surface area contributed by atoms with E-state index in [4.69, 9.17) is 0 Å². The second-order valence-corrected chi connectivity index (χ2v) is 7.50. The number of amides is 1. The molecule has 1 aromatic heterocycles. The van der Waals surface area contributed by atoms with E-state index >= 15 is 0 Å². The number of carbonyl (C=O) groups is 1. The second kappa shape index (κ2) is 7.83. The number of aromatic amines is 1. The summed E-state index contributed by atoms with van der Waals surface area (Å²) in [7, 11) is 0. The third-order valence-corrected chi connectivity index (χ3v) is 4.31. The van der Waals surface area contributed by atoms with Crippen LogP contribution in [0.15, 0.2) is 30.3 Å². The molecule has 25 heavy (non-hydrogen) atoms. The van der Waals surface area contributed by atoms with Crippen molar-refractivity contribution in [2.24, 2.45) is 0 Å². The van der Waals surface area contributed by atoms with E-state index in [1.807, 2.05) is 51.1 Å². The number of hydrogen-bond donors (Lipinski definition) is 2. The molecular weight excluding hydrogens is 314 g/mol. The molecule has 0 fully saturated rings. The Hall–Kier alpha value is -2.14. The van der Waals surface area contributed by atoms with Crippen LogP contribution in [-0.2, 0) is 11.3 Å². The van der Waals surface area contributed by atoms with Crippen LogP contribution in [0.5, 0.6) is 0 Å². The summed E-state index contributed by atoms with van der Waals surface area (Å²) in [5, 5.41) is 17.4. The summed E-state index contributed by atoms with van der Waals surface area (Å²) in [6.07, 6.45) is 0.393. The fourth-order valence-corrected chi connectivity index (χ4v) is 3.28. The van der Waals surface area contributed by atoms with E-state index in [1.54, 1.807) is 18.7 Å². The van der Waals surface area contributed by atoms with Crippen molar-refractivity contribution >= 4 is 5.91 Å². The van der Waals surface area contributed by atoms with E-state index in [-0.39, 0.29) is 11.8 Å². The van der Waals surface area contributed by atoms with E-state index in [0.29, 0.717) is 19.5 Å². The normalized spacial score (nSPS) is 12.9. The van der Waals surface area contributed by atoms with E-state index < -0.39 is 5.60 Å². The van der Waals surface area contributed by atoms with E-state index in [0.717, 1.165) is 22.5 Å².